The minimum atomic E-state index is -3.33. The van der Waals surface area contributed by atoms with Gasteiger partial charge in [-0.15, -0.1) is 0 Å². The molecule has 1 aromatic carbocycles. The highest BCUT2D eigenvalue weighted by atomic mass is 32.2. The molecule has 0 amide bonds. The number of nitrogens with one attached hydrogen (secondary N) is 1. The van der Waals surface area contributed by atoms with E-state index in [1.807, 2.05) is 6.92 Å². The van der Waals surface area contributed by atoms with E-state index in [0.717, 1.165) is 0 Å². The van der Waals surface area contributed by atoms with Crippen LogP contribution in [0.2, 0.25) is 0 Å². The molecule has 17 heavy (non-hydrogen) atoms. The first kappa shape index (κ1) is 11.9. The van der Waals surface area contributed by atoms with Crippen molar-refractivity contribution in [3.05, 3.63) is 23.8 Å². The summed E-state index contributed by atoms with van der Waals surface area (Å²) in [6.07, 6.45) is 0. The summed E-state index contributed by atoms with van der Waals surface area (Å²) in [5.74, 6) is -0.982. The maximum Gasteiger partial charge on any atom is 0.335 e. The zero-order valence-electron chi connectivity index (χ0n) is 9.30. The second-order valence-corrected chi connectivity index (χ2v) is 6.29. The molecule has 0 radical (unpaired) electrons. The van der Waals surface area contributed by atoms with Gasteiger partial charge in [0.15, 0.2) is 9.84 Å². The van der Waals surface area contributed by atoms with Crippen molar-refractivity contribution in [1.82, 2.24) is 0 Å². The van der Waals surface area contributed by atoms with E-state index < -0.39 is 15.8 Å². The third-order valence-corrected chi connectivity index (χ3v) is 4.74. The van der Waals surface area contributed by atoms with Gasteiger partial charge in [-0.1, -0.05) is 6.92 Å². The van der Waals surface area contributed by atoms with E-state index in [1.54, 1.807) is 0 Å². The van der Waals surface area contributed by atoms with E-state index in [4.69, 9.17) is 5.11 Å². The fraction of sp³-hybridized carbons (Fsp3) is 0.364. The summed E-state index contributed by atoms with van der Waals surface area (Å²) in [6, 6.07) is 4.04. The third-order valence-electron chi connectivity index (χ3n) is 2.71. The molecule has 1 aromatic rings. The number of carboxylic acids is 1. The summed E-state index contributed by atoms with van der Waals surface area (Å²) in [5, 5.41) is 11.8. The molecule has 0 saturated heterocycles. The van der Waals surface area contributed by atoms with Gasteiger partial charge in [0.05, 0.1) is 21.9 Å². The number of rotatable bonds is 1. The fourth-order valence-electron chi connectivity index (χ4n) is 1.88. The molecule has 92 valence electrons. The van der Waals surface area contributed by atoms with E-state index in [9.17, 15) is 13.2 Å². The smallest absolute Gasteiger partial charge is 0.335 e. The Kier molecular flexibility index (Phi) is 2.82. The van der Waals surface area contributed by atoms with Gasteiger partial charge in [-0.3, -0.25) is 0 Å². The zero-order valence-corrected chi connectivity index (χ0v) is 10.1. The van der Waals surface area contributed by atoms with Crippen LogP contribution in [0.3, 0.4) is 0 Å². The van der Waals surface area contributed by atoms with Gasteiger partial charge < -0.3 is 10.4 Å². The molecule has 0 bridgehead atoms. The molecule has 0 aliphatic carbocycles. The molecule has 1 unspecified atom stereocenters. The van der Waals surface area contributed by atoms with Gasteiger partial charge in [-0.05, 0) is 24.1 Å². The summed E-state index contributed by atoms with van der Waals surface area (Å²) in [4.78, 5) is 11.0. The van der Waals surface area contributed by atoms with Gasteiger partial charge in [-0.25, -0.2) is 13.2 Å². The molecule has 1 heterocycles. The van der Waals surface area contributed by atoms with Crippen molar-refractivity contribution < 1.29 is 18.3 Å². The average molecular weight is 255 g/mol. The molecule has 5 nitrogen and oxygen atoms in total. The van der Waals surface area contributed by atoms with Crippen molar-refractivity contribution in [3.63, 3.8) is 0 Å². The van der Waals surface area contributed by atoms with Crippen LogP contribution in [0.15, 0.2) is 23.1 Å². The van der Waals surface area contributed by atoms with Crippen molar-refractivity contribution in [2.24, 2.45) is 5.92 Å². The summed E-state index contributed by atoms with van der Waals surface area (Å²) < 4.78 is 24.0. The molecule has 0 spiro atoms. The Morgan fingerprint density at radius 2 is 2.18 bits per heavy atom. The quantitative estimate of drug-likeness (QED) is 0.788. The first-order chi connectivity index (χ1) is 7.90. The SMILES string of the molecule is CC1CNc2cc(C(=O)O)ccc2S(=O)(=O)C1. The number of sulfone groups is 1. The van der Waals surface area contributed by atoms with Gasteiger partial charge >= 0.3 is 5.97 Å². The molecule has 0 aromatic heterocycles. The van der Waals surface area contributed by atoms with Crippen molar-refractivity contribution >= 4 is 21.5 Å². The second kappa shape index (κ2) is 4.03. The number of hydrogen-bond donors (Lipinski definition) is 2. The zero-order chi connectivity index (χ0) is 12.6. The van der Waals surface area contributed by atoms with Crippen molar-refractivity contribution in [2.75, 3.05) is 17.6 Å². The van der Waals surface area contributed by atoms with Crippen LogP contribution in [-0.4, -0.2) is 31.8 Å². The number of carbonyl (C=O) groups is 1. The minimum absolute atomic E-state index is 0.000628. The Hall–Kier alpha value is -1.56. The largest absolute Gasteiger partial charge is 0.478 e. The lowest BCUT2D eigenvalue weighted by molar-refractivity contribution is 0.0697. The van der Waals surface area contributed by atoms with E-state index in [2.05, 4.69) is 5.32 Å². The molecular weight excluding hydrogens is 242 g/mol. The Balaban J connectivity index is 2.57. The van der Waals surface area contributed by atoms with Crippen molar-refractivity contribution in [3.8, 4) is 0 Å². The lowest BCUT2D eigenvalue weighted by Gasteiger charge is -2.08. The van der Waals surface area contributed by atoms with Crippen LogP contribution >= 0.6 is 0 Å². The molecular formula is C11H13NO4S. The molecule has 2 N–H and O–H groups in total. The maximum absolute atomic E-state index is 12.0. The topological polar surface area (TPSA) is 83.5 Å². The first-order valence-corrected chi connectivity index (χ1v) is 6.89. The Morgan fingerprint density at radius 3 is 2.82 bits per heavy atom. The first-order valence-electron chi connectivity index (χ1n) is 5.24. The van der Waals surface area contributed by atoms with Gasteiger partial charge in [0.25, 0.3) is 0 Å². The van der Waals surface area contributed by atoms with E-state index in [1.165, 1.54) is 18.2 Å². The van der Waals surface area contributed by atoms with E-state index in [0.29, 0.717) is 12.2 Å². The summed E-state index contributed by atoms with van der Waals surface area (Å²) in [6.45, 7) is 2.36. The minimum Gasteiger partial charge on any atom is -0.478 e. The van der Waals surface area contributed by atoms with Gasteiger partial charge in [0.2, 0.25) is 0 Å². The molecule has 1 aliphatic rings. The van der Waals surface area contributed by atoms with Crippen LogP contribution in [0, 0.1) is 5.92 Å². The normalized spacial score (nSPS) is 22.1. The predicted molar refractivity (Wildman–Crippen MR) is 63.1 cm³/mol. The van der Waals surface area contributed by atoms with E-state index in [-0.39, 0.29) is 22.1 Å². The maximum atomic E-state index is 12.0. The second-order valence-electron chi connectivity index (χ2n) is 4.28. The molecule has 1 aliphatic heterocycles. The molecule has 0 fully saturated rings. The number of fused-ring (bicyclic) bond motifs is 1. The predicted octanol–water partition coefficient (Wildman–Crippen LogP) is 1.22. The van der Waals surface area contributed by atoms with Crippen LogP contribution in [0.1, 0.15) is 17.3 Å². The Labute approximate surface area is 99.4 Å². The van der Waals surface area contributed by atoms with Gasteiger partial charge in [-0.2, -0.15) is 0 Å². The Morgan fingerprint density at radius 1 is 1.47 bits per heavy atom. The van der Waals surface area contributed by atoms with Crippen LogP contribution in [0.4, 0.5) is 5.69 Å². The lowest BCUT2D eigenvalue weighted by Crippen LogP contribution is -2.15. The number of carboxylic acid groups (broad SMARTS) is 1. The van der Waals surface area contributed by atoms with Crippen LogP contribution in [-0.2, 0) is 9.84 Å². The number of hydrogen-bond acceptors (Lipinski definition) is 4. The summed E-state index contributed by atoms with van der Waals surface area (Å²) >= 11 is 0. The Bertz CT molecular complexity index is 565. The monoisotopic (exact) mass is 255 g/mol. The van der Waals surface area contributed by atoms with Gasteiger partial charge in [0, 0.05) is 6.54 Å². The fourth-order valence-corrected chi connectivity index (χ4v) is 3.67. The average Bonchev–Trinajstić information content (AvgIpc) is 2.35. The highest BCUT2D eigenvalue weighted by Gasteiger charge is 2.26. The number of benzene rings is 1. The van der Waals surface area contributed by atoms with Crippen LogP contribution in [0.25, 0.3) is 0 Å². The highest BCUT2D eigenvalue weighted by molar-refractivity contribution is 7.91. The molecule has 2 rings (SSSR count). The van der Waals surface area contributed by atoms with E-state index >= 15 is 0 Å². The highest BCUT2D eigenvalue weighted by Crippen LogP contribution is 2.28. The molecule has 0 saturated carbocycles. The van der Waals surface area contributed by atoms with Crippen molar-refractivity contribution in [1.29, 1.82) is 0 Å². The lowest BCUT2D eigenvalue weighted by atomic mass is 10.2. The number of aromatic carboxylic acids is 1. The standard InChI is InChI=1S/C11H13NO4S/c1-7-5-12-9-4-8(11(13)14)2-3-10(9)17(15,16)6-7/h2-4,7,12H,5-6H2,1H3,(H,13,14). The summed E-state index contributed by atoms with van der Waals surface area (Å²) in [5.41, 5.74) is 0.468. The molecule has 6 heteroatoms. The van der Waals surface area contributed by atoms with Crippen molar-refractivity contribution in [2.45, 2.75) is 11.8 Å². The molecule has 1 atom stereocenters. The van der Waals surface area contributed by atoms with Crippen LogP contribution in [0.5, 0.6) is 0 Å². The summed E-state index contributed by atoms with van der Waals surface area (Å²) in [7, 11) is -3.33. The number of anilines is 1. The van der Waals surface area contributed by atoms with Crippen LogP contribution < -0.4 is 5.32 Å². The van der Waals surface area contributed by atoms with Gasteiger partial charge in [0.1, 0.15) is 0 Å². The third kappa shape index (κ3) is 2.26.